The first-order chi connectivity index (χ1) is 24.1. The Kier molecular flexibility index (Phi) is 8.87. The minimum absolute atomic E-state index is 0.0725. The van der Waals surface area contributed by atoms with Crippen LogP contribution in [0.15, 0.2) is 60.0 Å². The number of fused-ring (bicyclic) bond motifs is 10. The number of hydrogen-bond acceptors (Lipinski definition) is 5. The molecule has 6 nitrogen and oxygen atoms in total. The average Bonchev–Trinajstić information content (AvgIpc) is 3.98. The van der Waals surface area contributed by atoms with Gasteiger partial charge in [0.05, 0.1) is 5.56 Å². The number of amides is 2. The topological polar surface area (TPSA) is 64.7 Å². The molecule has 0 radical (unpaired) electrons. The predicted molar refractivity (Wildman–Crippen MR) is 196 cm³/mol. The van der Waals surface area contributed by atoms with E-state index in [0.717, 1.165) is 37.5 Å². The molecule has 4 aliphatic heterocycles. The zero-order valence-corrected chi connectivity index (χ0v) is 29.6. The largest absolute Gasteiger partial charge is 0.349 e. The molecule has 7 heteroatoms. The van der Waals surface area contributed by atoms with Crippen molar-refractivity contribution in [2.24, 2.45) is 11.8 Å². The molecule has 2 saturated heterocycles. The Morgan fingerprint density at radius 1 is 0.551 bits per heavy atom. The van der Waals surface area contributed by atoms with E-state index in [1.54, 1.807) is 22.3 Å². The van der Waals surface area contributed by atoms with Gasteiger partial charge in [-0.05, 0) is 149 Å². The van der Waals surface area contributed by atoms with Gasteiger partial charge in [0.15, 0.2) is 0 Å². The average molecular weight is 677 g/mol. The Hall–Kier alpha value is -3.00. The number of nitrogens with one attached hydrogen (secondary N) is 2. The van der Waals surface area contributed by atoms with Crippen molar-refractivity contribution in [3.8, 4) is 0 Å². The standard InChI is InChI=1S/C42H52N4O2S/c47-41(43-29-13-9-27(10-14-29)21-24-45-36-17-18-37(45)32-6-2-1-5-31(32)36)35-23-26-49-40(35)42(48)44-30-15-11-28(12-16-30)22-25-46-38-19-20-39(46)34-8-4-3-7-33(34)38/h1-8,23,26-30,36-39H,9-22,24-25H2,(H,43,47)(H,44,48). The van der Waals surface area contributed by atoms with Gasteiger partial charge in [-0.25, -0.2) is 0 Å². The van der Waals surface area contributed by atoms with Gasteiger partial charge in [-0.1, -0.05) is 48.5 Å². The summed E-state index contributed by atoms with van der Waals surface area (Å²) in [6.07, 6.45) is 16.6. The van der Waals surface area contributed by atoms with Gasteiger partial charge in [0, 0.05) is 36.3 Å². The summed E-state index contributed by atoms with van der Waals surface area (Å²) in [5.41, 5.74) is 6.83. The van der Waals surface area contributed by atoms with Gasteiger partial charge in [-0.3, -0.25) is 19.4 Å². The van der Waals surface area contributed by atoms with E-state index in [-0.39, 0.29) is 23.9 Å². The fraction of sp³-hybridized carbons (Fsp3) is 0.571. The van der Waals surface area contributed by atoms with Crippen LogP contribution >= 0.6 is 11.3 Å². The van der Waals surface area contributed by atoms with Crippen molar-refractivity contribution in [1.29, 1.82) is 0 Å². The van der Waals surface area contributed by atoms with Crippen molar-refractivity contribution in [3.63, 3.8) is 0 Å². The van der Waals surface area contributed by atoms with Gasteiger partial charge >= 0.3 is 0 Å². The second-order valence-electron chi connectivity index (χ2n) is 16.1. The fourth-order valence-corrected chi connectivity index (χ4v) is 11.8. The predicted octanol–water partition coefficient (Wildman–Crippen LogP) is 8.89. The molecule has 4 unspecified atom stereocenters. The Morgan fingerprint density at radius 2 is 0.959 bits per heavy atom. The number of thiophene rings is 1. The number of benzene rings is 2. The van der Waals surface area contributed by atoms with Crippen molar-refractivity contribution in [1.82, 2.24) is 20.4 Å². The fourth-order valence-electron chi connectivity index (χ4n) is 11.0. The second-order valence-corrected chi connectivity index (χ2v) is 17.0. The SMILES string of the molecule is O=C(NC1CCC(CCN2C3CCC2c2ccccc23)CC1)c1ccsc1C(=O)NC1CCC(CCN2C3CCC2c2ccccc23)CC1. The number of rotatable bonds is 10. The molecule has 2 saturated carbocycles. The first-order valence-corrected chi connectivity index (χ1v) is 20.4. The van der Waals surface area contributed by atoms with E-state index >= 15 is 0 Å². The van der Waals surface area contributed by atoms with Crippen LogP contribution in [0, 0.1) is 11.8 Å². The molecule has 4 bridgehead atoms. The van der Waals surface area contributed by atoms with Crippen molar-refractivity contribution in [3.05, 3.63) is 92.7 Å². The molecule has 2 N–H and O–H groups in total. The lowest BCUT2D eigenvalue weighted by Gasteiger charge is -2.31. The molecule has 6 aliphatic rings. The molecule has 4 fully saturated rings. The van der Waals surface area contributed by atoms with Crippen LogP contribution in [0.3, 0.4) is 0 Å². The summed E-state index contributed by atoms with van der Waals surface area (Å²) < 4.78 is 0. The van der Waals surface area contributed by atoms with Crippen molar-refractivity contribution in [2.45, 2.75) is 126 Å². The first-order valence-electron chi connectivity index (χ1n) is 19.5. The summed E-state index contributed by atoms with van der Waals surface area (Å²) in [4.78, 5) is 32.9. The monoisotopic (exact) mass is 676 g/mol. The van der Waals surface area contributed by atoms with E-state index in [4.69, 9.17) is 0 Å². The molecule has 2 aliphatic carbocycles. The van der Waals surface area contributed by atoms with Crippen LogP contribution in [-0.4, -0.2) is 46.8 Å². The Morgan fingerprint density at radius 3 is 1.39 bits per heavy atom. The number of nitrogens with zero attached hydrogens (tertiary/aromatic N) is 2. The summed E-state index contributed by atoms with van der Waals surface area (Å²) >= 11 is 1.40. The normalized spacial score (nSPS) is 31.8. The molecule has 5 heterocycles. The molecule has 3 aromatic rings. The third-order valence-electron chi connectivity index (χ3n) is 13.5. The van der Waals surface area contributed by atoms with Crippen LogP contribution in [-0.2, 0) is 0 Å². The van der Waals surface area contributed by atoms with Crippen LogP contribution in [0.2, 0.25) is 0 Å². The van der Waals surface area contributed by atoms with E-state index < -0.39 is 0 Å². The van der Waals surface area contributed by atoms with Gasteiger partial charge in [0.2, 0.25) is 0 Å². The molecule has 9 rings (SSSR count). The maximum absolute atomic E-state index is 13.4. The zero-order valence-electron chi connectivity index (χ0n) is 28.8. The highest BCUT2D eigenvalue weighted by atomic mass is 32.1. The van der Waals surface area contributed by atoms with E-state index in [1.165, 1.54) is 88.6 Å². The number of hydrogen-bond donors (Lipinski definition) is 2. The van der Waals surface area contributed by atoms with E-state index in [1.807, 2.05) is 11.4 Å². The maximum Gasteiger partial charge on any atom is 0.262 e. The third kappa shape index (κ3) is 6.08. The van der Waals surface area contributed by atoms with Crippen LogP contribution in [0.1, 0.15) is 156 Å². The lowest BCUT2D eigenvalue weighted by molar-refractivity contribution is 0.0887. The molecule has 258 valence electrons. The molecule has 0 spiro atoms. The minimum atomic E-state index is -0.0806. The van der Waals surface area contributed by atoms with Crippen molar-refractivity contribution < 1.29 is 9.59 Å². The molecule has 2 amide bonds. The van der Waals surface area contributed by atoms with Gasteiger partial charge in [0.25, 0.3) is 11.8 Å². The number of carbonyl (C=O) groups is 2. The molecular weight excluding hydrogens is 625 g/mol. The van der Waals surface area contributed by atoms with Crippen LogP contribution in [0.4, 0.5) is 0 Å². The Labute approximate surface area is 296 Å². The summed E-state index contributed by atoms with van der Waals surface area (Å²) in [5.74, 6) is 1.32. The van der Waals surface area contributed by atoms with Gasteiger partial charge in [-0.2, -0.15) is 0 Å². The molecular formula is C42H52N4O2S. The van der Waals surface area contributed by atoms with E-state index in [9.17, 15) is 9.59 Å². The summed E-state index contributed by atoms with van der Waals surface area (Å²) in [7, 11) is 0. The highest BCUT2D eigenvalue weighted by Gasteiger charge is 2.44. The maximum atomic E-state index is 13.4. The number of carbonyl (C=O) groups excluding carboxylic acids is 2. The minimum Gasteiger partial charge on any atom is -0.349 e. The van der Waals surface area contributed by atoms with E-state index in [2.05, 4.69) is 69.0 Å². The quantitative estimate of drug-likeness (QED) is 0.225. The lowest BCUT2D eigenvalue weighted by Crippen LogP contribution is -2.40. The zero-order chi connectivity index (χ0) is 32.9. The van der Waals surface area contributed by atoms with Crippen molar-refractivity contribution >= 4 is 23.2 Å². The van der Waals surface area contributed by atoms with Crippen LogP contribution in [0.25, 0.3) is 0 Å². The van der Waals surface area contributed by atoms with E-state index in [0.29, 0.717) is 34.6 Å². The first kappa shape index (κ1) is 31.9. The van der Waals surface area contributed by atoms with Gasteiger partial charge in [0.1, 0.15) is 4.88 Å². The summed E-state index contributed by atoms with van der Waals surface area (Å²) in [6.45, 7) is 2.38. The van der Waals surface area contributed by atoms with Crippen LogP contribution in [0.5, 0.6) is 0 Å². The van der Waals surface area contributed by atoms with Gasteiger partial charge < -0.3 is 10.6 Å². The second kappa shape index (κ2) is 13.6. The smallest absolute Gasteiger partial charge is 0.262 e. The molecule has 1 aromatic heterocycles. The molecule has 49 heavy (non-hydrogen) atoms. The lowest BCUT2D eigenvalue weighted by atomic mass is 9.83. The molecule has 4 atom stereocenters. The van der Waals surface area contributed by atoms with Crippen LogP contribution < -0.4 is 10.6 Å². The highest BCUT2D eigenvalue weighted by molar-refractivity contribution is 7.12. The summed E-state index contributed by atoms with van der Waals surface area (Å²) in [6, 6.07) is 22.9. The molecule has 2 aromatic carbocycles. The highest BCUT2D eigenvalue weighted by Crippen LogP contribution is 2.54. The third-order valence-corrected chi connectivity index (χ3v) is 14.4. The summed E-state index contributed by atoms with van der Waals surface area (Å²) in [5, 5.41) is 8.51. The Balaban J connectivity index is 0.703. The van der Waals surface area contributed by atoms with Gasteiger partial charge in [-0.15, -0.1) is 11.3 Å². The Bertz CT molecular complexity index is 1490. The van der Waals surface area contributed by atoms with Crippen molar-refractivity contribution in [2.75, 3.05) is 13.1 Å².